The van der Waals surface area contributed by atoms with Crippen LogP contribution in [0.1, 0.15) is 70.1 Å². The van der Waals surface area contributed by atoms with Crippen LogP contribution < -0.4 is 15.3 Å². The van der Waals surface area contributed by atoms with Gasteiger partial charge in [-0.1, -0.05) is 47.2 Å². The van der Waals surface area contributed by atoms with Gasteiger partial charge in [0.25, 0.3) is 0 Å². The molecule has 0 spiro atoms. The van der Waals surface area contributed by atoms with Crippen LogP contribution in [0.4, 0.5) is 5.69 Å². The highest BCUT2D eigenvalue weighted by atomic mass is 32.2. The van der Waals surface area contributed by atoms with Gasteiger partial charge in [0, 0.05) is 15.9 Å². The molecule has 34 heavy (non-hydrogen) atoms. The van der Waals surface area contributed by atoms with Crippen molar-refractivity contribution in [1.82, 2.24) is 0 Å². The molecule has 1 aliphatic rings. The van der Waals surface area contributed by atoms with Gasteiger partial charge >= 0.3 is 0 Å². The van der Waals surface area contributed by atoms with Gasteiger partial charge < -0.3 is 4.74 Å². The Kier molecular flexibility index (Phi) is 9.02. The van der Waals surface area contributed by atoms with Gasteiger partial charge in [0.05, 0.1) is 11.0 Å². The second kappa shape index (κ2) is 11.8. The monoisotopic (exact) mass is 473 g/mol. The van der Waals surface area contributed by atoms with Crippen molar-refractivity contribution in [2.75, 3.05) is 6.61 Å². The van der Waals surface area contributed by atoms with Gasteiger partial charge in [0.2, 0.25) is 0 Å². The van der Waals surface area contributed by atoms with Gasteiger partial charge in [-0.3, -0.25) is 0 Å². The average Bonchev–Trinajstić information content (AvgIpc) is 2.80. The maximum absolute atomic E-state index is 6.05. The first-order valence-electron chi connectivity index (χ1n) is 12.2. The highest BCUT2D eigenvalue weighted by Gasteiger charge is 2.18. The molecule has 2 aromatic rings. The number of allylic oxidation sites excluding steroid dienone is 5. The van der Waals surface area contributed by atoms with Gasteiger partial charge in [0.1, 0.15) is 12.4 Å². The highest BCUT2D eigenvalue weighted by Crippen LogP contribution is 2.40. The van der Waals surface area contributed by atoms with E-state index in [1.165, 1.54) is 43.2 Å². The molecule has 0 aliphatic carbocycles. The standard InChI is InChI=1S/C31H39NOS/c1-20(2)11-9-12-21(3)13-10-14-22(4)17-18-33-27-15-16-29-28(19-27)32-30-25(7)23(5)24(6)26(8)31(30)34-29/h11,13,15-17,19H,6,9-10,12,14,18H2,1-5,7-8H3/b21-13+,22-17+. The minimum atomic E-state index is 0.583. The van der Waals surface area contributed by atoms with Crippen LogP contribution in [0.15, 0.2) is 67.9 Å². The second-order valence-corrected chi connectivity index (χ2v) is 10.7. The average molecular weight is 474 g/mol. The molecule has 1 aliphatic heterocycles. The molecular weight excluding hydrogens is 434 g/mol. The summed E-state index contributed by atoms with van der Waals surface area (Å²) in [5, 5.41) is 2.20. The molecule has 0 saturated carbocycles. The summed E-state index contributed by atoms with van der Waals surface area (Å²) in [6.07, 6.45) is 11.3. The van der Waals surface area contributed by atoms with Crippen LogP contribution >= 0.6 is 11.8 Å². The Morgan fingerprint density at radius 3 is 2.29 bits per heavy atom. The lowest BCUT2D eigenvalue weighted by Crippen LogP contribution is -2.24. The Morgan fingerprint density at radius 1 is 0.912 bits per heavy atom. The van der Waals surface area contributed by atoms with E-state index in [1.54, 1.807) is 11.8 Å². The van der Waals surface area contributed by atoms with E-state index >= 15 is 0 Å². The third-order valence-corrected chi connectivity index (χ3v) is 7.83. The Bertz CT molecular complexity index is 1260. The van der Waals surface area contributed by atoms with Crippen LogP contribution in [-0.4, -0.2) is 6.61 Å². The minimum Gasteiger partial charge on any atom is -0.489 e. The van der Waals surface area contributed by atoms with Crippen LogP contribution in [0.2, 0.25) is 0 Å². The number of hydrogen-bond acceptors (Lipinski definition) is 3. The molecule has 180 valence electrons. The number of ether oxygens (including phenoxy) is 1. The maximum Gasteiger partial charge on any atom is 0.122 e. The molecule has 3 heteroatoms. The SMILES string of the molecule is C=c1c(C)c(C)c2c(c1C)Sc1ccc(OC/C=C(\C)CC/C=C(\C)CCC=C(C)C)cc1N=2. The molecule has 0 radical (unpaired) electrons. The largest absolute Gasteiger partial charge is 0.489 e. The van der Waals surface area contributed by atoms with E-state index in [2.05, 4.69) is 91.5 Å². The molecule has 2 aromatic carbocycles. The molecule has 0 saturated heterocycles. The van der Waals surface area contributed by atoms with Crippen molar-refractivity contribution in [3.8, 4) is 5.75 Å². The minimum absolute atomic E-state index is 0.583. The third kappa shape index (κ3) is 6.54. The van der Waals surface area contributed by atoms with Crippen molar-refractivity contribution in [3.05, 3.63) is 80.4 Å². The maximum atomic E-state index is 6.05. The van der Waals surface area contributed by atoms with Crippen LogP contribution in [0.5, 0.6) is 5.75 Å². The van der Waals surface area contributed by atoms with Crippen molar-refractivity contribution in [1.29, 1.82) is 0 Å². The van der Waals surface area contributed by atoms with E-state index < -0.39 is 0 Å². The van der Waals surface area contributed by atoms with E-state index in [0.29, 0.717) is 6.61 Å². The molecule has 0 unspecified atom stereocenters. The predicted octanol–water partition coefficient (Wildman–Crippen LogP) is 8.24. The summed E-state index contributed by atoms with van der Waals surface area (Å²) in [4.78, 5) is 7.41. The van der Waals surface area contributed by atoms with Crippen LogP contribution in [0, 0.1) is 20.8 Å². The number of hydrogen-bond donors (Lipinski definition) is 0. The Morgan fingerprint density at radius 2 is 1.59 bits per heavy atom. The molecule has 1 heterocycles. The van der Waals surface area contributed by atoms with Gasteiger partial charge in [-0.25, -0.2) is 4.99 Å². The van der Waals surface area contributed by atoms with E-state index in [9.17, 15) is 0 Å². The summed E-state index contributed by atoms with van der Waals surface area (Å²) in [5.74, 6) is 0.866. The van der Waals surface area contributed by atoms with E-state index in [-0.39, 0.29) is 0 Å². The zero-order valence-corrected chi connectivity index (χ0v) is 22.8. The second-order valence-electron chi connectivity index (χ2n) is 9.65. The van der Waals surface area contributed by atoms with Gasteiger partial charge in [-0.05, 0) is 114 Å². The van der Waals surface area contributed by atoms with Gasteiger partial charge in [0.15, 0.2) is 0 Å². The fraction of sp³-hybridized carbons (Fsp3) is 0.387. The van der Waals surface area contributed by atoms with Crippen molar-refractivity contribution in [2.45, 2.75) is 83.9 Å². The lowest BCUT2D eigenvalue weighted by atomic mass is 10.0. The summed E-state index contributed by atoms with van der Waals surface area (Å²) >= 11 is 1.79. The third-order valence-electron chi connectivity index (χ3n) is 6.56. The van der Waals surface area contributed by atoms with E-state index in [4.69, 9.17) is 9.73 Å². The summed E-state index contributed by atoms with van der Waals surface area (Å²) in [5.41, 5.74) is 8.91. The van der Waals surface area contributed by atoms with E-state index in [1.807, 2.05) is 0 Å². The molecule has 0 amide bonds. The van der Waals surface area contributed by atoms with Crippen LogP contribution in [0.3, 0.4) is 0 Å². The van der Waals surface area contributed by atoms with Crippen LogP contribution in [0.25, 0.3) is 6.58 Å². The fourth-order valence-electron chi connectivity index (χ4n) is 4.04. The predicted molar refractivity (Wildman–Crippen MR) is 148 cm³/mol. The lowest BCUT2D eigenvalue weighted by molar-refractivity contribution is 0.361. The Balaban J connectivity index is 1.61. The van der Waals surface area contributed by atoms with Crippen molar-refractivity contribution < 1.29 is 4.74 Å². The molecule has 2 nitrogen and oxygen atoms in total. The first-order valence-corrected chi connectivity index (χ1v) is 13.1. The van der Waals surface area contributed by atoms with Crippen LogP contribution in [-0.2, 0) is 0 Å². The number of fused-ring (bicyclic) bond motifs is 2. The zero-order chi connectivity index (χ0) is 24.8. The van der Waals surface area contributed by atoms with Crippen molar-refractivity contribution in [2.24, 2.45) is 4.99 Å². The molecule has 0 N–H and O–H groups in total. The highest BCUT2D eigenvalue weighted by molar-refractivity contribution is 7.99. The zero-order valence-electron chi connectivity index (χ0n) is 22.0. The molecule has 0 bridgehead atoms. The summed E-state index contributed by atoms with van der Waals surface area (Å²) in [6.45, 7) is 20.0. The summed E-state index contributed by atoms with van der Waals surface area (Å²) in [6, 6.07) is 6.24. The topological polar surface area (TPSA) is 21.6 Å². The molecule has 0 aromatic heterocycles. The molecule has 3 rings (SSSR count). The summed E-state index contributed by atoms with van der Waals surface area (Å²) in [7, 11) is 0. The summed E-state index contributed by atoms with van der Waals surface area (Å²) < 4.78 is 6.05. The smallest absolute Gasteiger partial charge is 0.122 e. The first-order chi connectivity index (χ1) is 16.2. The van der Waals surface area contributed by atoms with Gasteiger partial charge in [-0.15, -0.1) is 0 Å². The lowest BCUT2D eigenvalue weighted by Gasteiger charge is -2.18. The Hall–Kier alpha value is -2.52. The Labute approximate surface area is 210 Å². The molecule has 0 atom stereocenters. The number of nitrogens with zero attached hydrogens (tertiary/aromatic N) is 1. The van der Waals surface area contributed by atoms with Crippen molar-refractivity contribution in [3.63, 3.8) is 0 Å². The number of benzene rings is 2. The fourth-order valence-corrected chi connectivity index (χ4v) is 5.18. The number of rotatable bonds is 9. The normalized spacial score (nSPS) is 13.1. The van der Waals surface area contributed by atoms with Crippen molar-refractivity contribution >= 4 is 24.0 Å². The quantitative estimate of drug-likeness (QED) is 0.292. The first kappa shape index (κ1) is 26.1. The molecule has 0 fully saturated rings. The molecular formula is C31H39NOS. The van der Waals surface area contributed by atoms with E-state index in [0.717, 1.165) is 47.7 Å². The van der Waals surface area contributed by atoms with Gasteiger partial charge in [-0.2, -0.15) is 0 Å².